The first-order valence-electron chi connectivity index (χ1n) is 6.13. The largest absolute Gasteiger partial charge is 0.317 e. The van der Waals surface area contributed by atoms with E-state index in [0.717, 1.165) is 13.0 Å². The fraction of sp³-hybridized carbons (Fsp3) is 0.769. The van der Waals surface area contributed by atoms with Crippen molar-refractivity contribution in [2.24, 2.45) is 5.41 Å². The average molecular weight is 223 g/mol. The van der Waals surface area contributed by atoms with Crippen molar-refractivity contribution in [2.75, 3.05) is 7.05 Å². The Labute approximate surface area is 99.2 Å². The van der Waals surface area contributed by atoms with Crippen LogP contribution in [0.3, 0.4) is 0 Å². The molecule has 1 unspecified atom stereocenters. The van der Waals surface area contributed by atoms with Gasteiger partial charge in [-0.2, -0.15) is 5.10 Å². The van der Waals surface area contributed by atoms with Crippen LogP contribution in [0.2, 0.25) is 0 Å². The molecule has 0 spiro atoms. The quantitative estimate of drug-likeness (QED) is 0.831. The molecule has 3 heteroatoms. The lowest BCUT2D eigenvalue weighted by Crippen LogP contribution is -2.31. The van der Waals surface area contributed by atoms with Crippen LogP contribution in [0.4, 0.5) is 0 Å². The topological polar surface area (TPSA) is 29.9 Å². The summed E-state index contributed by atoms with van der Waals surface area (Å²) in [5.41, 5.74) is 1.69. The van der Waals surface area contributed by atoms with Gasteiger partial charge in [-0.05, 0) is 37.8 Å². The highest BCUT2D eigenvalue weighted by atomic mass is 15.3. The summed E-state index contributed by atoms with van der Waals surface area (Å²) in [6.45, 7) is 9.91. The molecule has 0 aliphatic carbocycles. The van der Waals surface area contributed by atoms with Gasteiger partial charge in [0.1, 0.15) is 0 Å². The molecule has 1 aromatic heterocycles. The molecule has 92 valence electrons. The third-order valence-corrected chi connectivity index (χ3v) is 2.76. The highest BCUT2D eigenvalue weighted by molar-refractivity contribution is 5.06. The molecule has 1 N–H and O–H groups in total. The van der Waals surface area contributed by atoms with Crippen molar-refractivity contribution in [1.82, 2.24) is 15.1 Å². The van der Waals surface area contributed by atoms with Crippen molar-refractivity contribution >= 4 is 0 Å². The van der Waals surface area contributed by atoms with E-state index in [4.69, 9.17) is 0 Å². The van der Waals surface area contributed by atoms with Gasteiger partial charge in [0, 0.05) is 18.8 Å². The van der Waals surface area contributed by atoms with Crippen LogP contribution in [0.5, 0.6) is 0 Å². The monoisotopic (exact) mass is 223 g/mol. The zero-order valence-electron chi connectivity index (χ0n) is 11.2. The predicted molar refractivity (Wildman–Crippen MR) is 68.5 cm³/mol. The Morgan fingerprint density at radius 3 is 2.56 bits per heavy atom. The van der Waals surface area contributed by atoms with Crippen molar-refractivity contribution in [3.63, 3.8) is 0 Å². The van der Waals surface area contributed by atoms with E-state index in [1.165, 1.54) is 12.0 Å². The highest BCUT2D eigenvalue weighted by Crippen LogP contribution is 2.22. The van der Waals surface area contributed by atoms with Crippen LogP contribution in [0.1, 0.15) is 39.7 Å². The van der Waals surface area contributed by atoms with Gasteiger partial charge in [0.2, 0.25) is 0 Å². The van der Waals surface area contributed by atoms with Crippen molar-refractivity contribution in [2.45, 2.75) is 53.1 Å². The summed E-state index contributed by atoms with van der Waals surface area (Å²) < 4.78 is 1.99. The number of nitrogens with one attached hydrogen (secondary N) is 1. The lowest BCUT2D eigenvalue weighted by atomic mass is 9.86. The lowest BCUT2D eigenvalue weighted by Gasteiger charge is -2.25. The Morgan fingerprint density at radius 1 is 1.44 bits per heavy atom. The summed E-state index contributed by atoms with van der Waals surface area (Å²) in [4.78, 5) is 0. The summed E-state index contributed by atoms with van der Waals surface area (Å²) in [6.07, 6.45) is 6.37. The maximum Gasteiger partial charge on any atom is 0.0522 e. The Bertz CT molecular complexity index is 309. The van der Waals surface area contributed by atoms with Crippen LogP contribution in [0.25, 0.3) is 0 Å². The van der Waals surface area contributed by atoms with Crippen LogP contribution in [-0.4, -0.2) is 22.9 Å². The molecule has 0 aromatic carbocycles. The second-order valence-electron chi connectivity index (χ2n) is 5.66. The fourth-order valence-electron chi connectivity index (χ4n) is 1.98. The Hall–Kier alpha value is -0.830. The second kappa shape index (κ2) is 5.48. The van der Waals surface area contributed by atoms with Crippen molar-refractivity contribution in [3.05, 3.63) is 18.0 Å². The van der Waals surface area contributed by atoms with Crippen molar-refractivity contribution in [3.8, 4) is 0 Å². The smallest absolute Gasteiger partial charge is 0.0522 e. The maximum atomic E-state index is 4.31. The van der Waals surface area contributed by atoms with Gasteiger partial charge in [-0.1, -0.05) is 20.8 Å². The van der Waals surface area contributed by atoms with E-state index in [0.29, 0.717) is 11.5 Å². The lowest BCUT2D eigenvalue weighted by molar-refractivity contribution is 0.316. The van der Waals surface area contributed by atoms with E-state index in [2.05, 4.69) is 44.3 Å². The average Bonchev–Trinajstić information content (AvgIpc) is 2.62. The Morgan fingerprint density at radius 2 is 2.12 bits per heavy atom. The molecule has 3 nitrogen and oxygen atoms in total. The van der Waals surface area contributed by atoms with E-state index in [1.54, 1.807) is 0 Å². The van der Waals surface area contributed by atoms with Gasteiger partial charge in [0.15, 0.2) is 0 Å². The van der Waals surface area contributed by atoms with Crippen LogP contribution in [-0.2, 0) is 13.0 Å². The standard InChI is InChI=1S/C13H25N3/c1-6-16-10-11(9-15-16)7-12(14-5)8-13(2,3)4/h9-10,12,14H,6-8H2,1-5H3. The molecule has 0 bridgehead atoms. The zero-order valence-corrected chi connectivity index (χ0v) is 11.2. The molecular formula is C13H25N3. The summed E-state index contributed by atoms with van der Waals surface area (Å²) in [7, 11) is 2.04. The van der Waals surface area contributed by atoms with Gasteiger partial charge in [0.05, 0.1) is 6.20 Å². The normalized spacial score (nSPS) is 14.1. The van der Waals surface area contributed by atoms with E-state index >= 15 is 0 Å². The number of aryl methyl sites for hydroxylation is 1. The third-order valence-electron chi connectivity index (χ3n) is 2.76. The predicted octanol–water partition coefficient (Wildman–Crippen LogP) is 2.47. The van der Waals surface area contributed by atoms with E-state index in [1.807, 2.05) is 17.9 Å². The maximum absolute atomic E-state index is 4.31. The first-order valence-corrected chi connectivity index (χ1v) is 6.13. The van der Waals surface area contributed by atoms with Gasteiger partial charge in [-0.25, -0.2) is 0 Å². The van der Waals surface area contributed by atoms with Crippen LogP contribution in [0.15, 0.2) is 12.4 Å². The number of nitrogens with zero attached hydrogens (tertiary/aromatic N) is 2. The van der Waals surface area contributed by atoms with Crippen LogP contribution < -0.4 is 5.32 Å². The van der Waals surface area contributed by atoms with Crippen LogP contribution >= 0.6 is 0 Å². The minimum Gasteiger partial charge on any atom is -0.317 e. The van der Waals surface area contributed by atoms with Gasteiger partial charge >= 0.3 is 0 Å². The highest BCUT2D eigenvalue weighted by Gasteiger charge is 2.18. The zero-order chi connectivity index (χ0) is 12.2. The van der Waals surface area contributed by atoms with E-state index in [-0.39, 0.29) is 0 Å². The summed E-state index contributed by atoms with van der Waals surface area (Å²) in [5, 5.41) is 7.70. The summed E-state index contributed by atoms with van der Waals surface area (Å²) in [6, 6.07) is 0.537. The first-order chi connectivity index (χ1) is 7.44. The molecule has 0 aliphatic rings. The molecule has 16 heavy (non-hydrogen) atoms. The van der Waals surface area contributed by atoms with E-state index < -0.39 is 0 Å². The summed E-state index contributed by atoms with van der Waals surface area (Å²) >= 11 is 0. The molecule has 1 atom stereocenters. The third kappa shape index (κ3) is 4.35. The van der Waals surface area contributed by atoms with Gasteiger partial charge < -0.3 is 5.32 Å². The van der Waals surface area contributed by atoms with Gasteiger partial charge in [-0.15, -0.1) is 0 Å². The molecule has 0 saturated heterocycles. The minimum atomic E-state index is 0.369. The number of rotatable bonds is 5. The first kappa shape index (κ1) is 13.2. The molecule has 0 fully saturated rings. The molecular weight excluding hydrogens is 198 g/mol. The molecule has 0 saturated carbocycles. The van der Waals surface area contributed by atoms with E-state index in [9.17, 15) is 0 Å². The second-order valence-corrected chi connectivity index (χ2v) is 5.66. The Balaban J connectivity index is 2.56. The van der Waals surface area contributed by atoms with Crippen molar-refractivity contribution < 1.29 is 0 Å². The minimum absolute atomic E-state index is 0.369. The fourth-order valence-corrected chi connectivity index (χ4v) is 1.98. The Kier molecular flexibility index (Phi) is 4.54. The van der Waals surface area contributed by atoms with Crippen LogP contribution in [0, 0.1) is 5.41 Å². The molecule has 0 amide bonds. The summed E-state index contributed by atoms with van der Waals surface area (Å²) in [5.74, 6) is 0. The molecule has 0 radical (unpaired) electrons. The number of hydrogen-bond donors (Lipinski definition) is 1. The molecule has 1 rings (SSSR count). The van der Waals surface area contributed by atoms with Crippen molar-refractivity contribution in [1.29, 1.82) is 0 Å². The number of likely N-dealkylation sites (N-methyl/N-ethyl adjacent to an activating group) is 1. The SMILES string of the molecule is CCn1cc(CC(CC(C)(C)C)NC)cn1. The molecule has 0 aliphatic heterocycles. The molecule has 1 heterocycles. The van der Waals surface area contributed by atoms with Gasteiger partial charge in [0.25, 0.3) is 0 Å². The molecule has 1 aromatic rings. The number of hydrogen-bond acceptors (Lipinski definition) is 2. The number of aromatic nitrogens is 2. The van der Waals surface area contributed by atoms with Gasteiger partial charge in [-0.3, -0.25) is 4.68 Å².